The van der Waals surface area contributed by atoms with Gasteiger partial charge in [-0.2, -0.15) is 0 Å². The highest BCUT2D eigenvalue weighted by molar-refractivity contribution is 7.27. The first-order chi connectivity index (χ1) is 7.37. The standard InChI is InChI=1S/C8H6F3O2P.C2H6/c1-2-4(9)6(11)3(8(12)13)7(14)5(2)10;1-2/h14H2,1H3,(H,12,13);1-2H3. The van der Waals surface area contributed by atoms with E-state index in [9.17, 15) is 18.0 Å². The maximum atomic E-state index is 13.1. The summed E-state index contributed by atoms with van der Waals surface area (Å²) in [6.45, 7) is 5.03. The number of aromatic carboxylic acids is 1. The van der Waals surface area contributed by atoms with Crippen LogP contribution < -0.4 is 5.30 Å². The van der Waals surface area contributed by atoms with Gasteiger partial charge < -0.3 is 5.11 Å². The number of hydrogen-bond donors (Lipinski definition) is 1. The highest BCUT2D eigenvalue weighted by atomic mass is 31.0. The van der Waals surface area contributed by atoms with Crippen LogP contribution in [0.25, 0.3) is 0 Å². The summed E-state index contributed by atoms with van der Waals surface area (Å²) in [6, 6.07) is 0. The lowest BCUT2D eigenvalue weighted by atomic mass is 10.1. The first kappa shape index (κ1) is 14.9. The molecule has 0 aliphatic heterocycles. The summed E-state index contributed by atoms with van der Waals surface area (Å²) in [5.74, 6) is -5.77. The van der Waals surface area contributed by atoms with Gasteiger partial charge in [0.05, 0.1) is 0 Å². The Kier molecular flexibility index (Phi) is 5.45. The Hall–Kier alpha value is -1.09. The Morgan fingerprint density at radius 3 is 1.94 bits per heavy atom. The van der Waals surface area contributed by atoms with Gasteiger partial charge in [-0.3, -0.25) is 0 Å². The zero-order valence-electron chi connectivity index (χ0n) is 9.07. The predicted molar refractivity (Wildman–Crippen MR) is 58.7 cm³/mol. The zero-order valence-corrected chi connectivity index (χ0v) is 10.2. The van der Waals surface area contributed by atoms with Crippen molar-refractivity contribution in [1.29, 1.82) is 0 Å². The Bertz CT molecular complexity index is 390. The van der Waals surface area contributed by atoms with Gasteiger partial charge in [-0.15, -0.1) is 9.24 Å². The summed E-state index contributed by atoms with van der Waals surface area (Å²) in [6.07, 6.45) is 0. The van der Waals surface area contributed by atoms with Gasteiger partial charge in [0.25, 0.3) is 0 Å². The molecule has 0 radical (unpaired) electrons. The van der Waals surface area contributed by atoms with Crippen molar-refractivity contribution in [3.8, 4) is 0 Å². The molecule has 1 N–H and O–H groups in total. The van der Waals surface area contributed by atoms with Crippen molar-refractivity contribution in [2.75, 3.05) is 0 Å². The smallest absolute Gasteiger partial charge is 0.339 e. The lowest BCUT2D eigenvalue weighted by Crippen LogP contribution is -2.19. The molecule has 0 aliphatic carbocycles. The van der Waals surface area contributed by atoms with Crippen LogP contribution in [0.5, 0.6) is 0 Å². The summed E-state index contributed by atoms with van der Waals surface area (Å²) in [7, 11) is 1.74. The van der Waals surface area contributed by atoms with Gasteiger partial charge in [-0.25, -0.2) is 18.0 Å². The number of hydrogen-bond acceptors (Lipinski definition) is 1. The van der Waals surface area contributed by atoms with Crippen LogP contribution in [-0.2, 0) is 0 Å². The van der Waals surface area contributed by atoms with Crippen LogP contribution in [0.1, 0.15) is 29.8 Å². The van der Waals surface area contributed by atoms with E-state index >= 15 is 0 Å². The van der Waals surface area contributed by atoms with Crippen molar-refractivity contribution in [3.05, 3.63) is 28.6 Å². The van der Waals surface area contributed by atoms with E-state index in [1.165, 1.54) is 0 Å². The maximum absolute atomic E-state index is 13.1. The van der Waals surface area contributed by atoms with E-state index in [1.807, 2.05) is 13.8 Å². The summed E-state index contributed by atoms with van der Waals surface area (Å²) < 4.78 is 39.0. The van der Waals surface area contributed by atoms with Crippen molar-refractivity contribution in [2.24, 2.45) is 0 Å². The van der Waals surface area contributed by atoms with Crippen LogP contribution in [0.15, 0.2) is 0 Å². The quantitative estimate of drug-likeness (QED) is 0.616. The number of carboxylic acids is 1. The number of rotatable bonds is 1. The minimum atomic E-state index is -1.70. The molecule has 1 rings (SSSR count). The minimum absolute atomic E-state index is 0.478. The normalized spacial score (nSPS) is 9.44. The molecule has 0 aliphatic rings. The summed E-state index contributed by atoms with van der Waals surface area (Å²) >= 11 is 0. The van der Waals surface area contributed by atoms with Crippen molar-refractivity contribution in [1.82, 2.24) is 0 Å². The molecule has 1 unspecified atom stereocenters. The van der Waals surface area contributed by atoms with E-state index in [0.717, 1.165) is 6.92 Å². The van der Waals surface area contributed by atoms with Crippen LogP contribution in [0.3, 0.4) is 0 Å². The molecule has 0 saturated carbocycles. The molecule has 90 valence electrons. The van der Waals surface area contributed by atoms with Gasteiger partial charge in [0, 0.05) is 10.9 Å². The molecule has 6 heteroatoms. The second-order valence-corrected chi connectivity index (χ2v) is 3.24. The predicted octanol–water partition coefficient (Wildman–Crippen LogP) is 2.64. The van der Waals surface area contributed by atoms with Crippen LogP contribution in [0, 0.1) is 24.4 Å². The third-order valence-electron chi connectivity index (χ3n) is 1.79. The molecule has 0 saturated heterocycles. The first-order valence-electron chi connectivity index (χ1n) is 4.53. The van der Waals surface area contributed by atoms with Crippen LogP contribution in [-0.4, -0.2) is 11.1 Å². The number of carbonyl (C=O) groups is 1. The fourth-order valence-electron chi connectivity index (χ4n) is 1.01. The van der Waals surface area contributed by atoms with Gasteiger partial charge in [0.15, 0.2) is 11.6 Å². The monoisotopic (exact) mass is 252 g/mol. The third kappa shape index (κ3) is 2.53. The van der Waals surface area contributed by atoms with E-state index in [4.69, 9.17) is 5.11 Å². The van der Waals surface area contributed by atoms with Crippen molar-refractivity contribution >= 4 is 20.5 Å². The maximum Gasteiger partial charge on any atom is 0.339 e. The molecule has 16 heavy (non-hydrogen) atoms. The molecular formula is C10H12F3O2P. The minimum Gasteiger partial charge on any atom is -0.478 e. The van der Waals surface area contributed by atoms with Gasteiger partial charge in [-0.05, 0) is 6.92 Å². The molecule has 0 amide bonds. The lowest BCUT2D eigenvalue weighted by Gasteiger charge is -2.07. The fraction of sp³-hybridized carbons (Fsp3) is 0.300. The van der Waals surface area contributed by atoms with E-state index in [-0.39, 0.29) is 0 Å². The second kappa shape index (κ2) is 5.85. The third-order valence-corrected chi connectivity index (χ3v) is 2.33. The molecule has 1 atom stereocenters. The van der Waals surface area contributed by atoms with Gasteiger partial charge >= 0.3 is 5.97 Å². The molecule has 0 spiro atoms. The molecule has 2 nitrogen and oxygen atoms in total. The lowest BCUT2D eigenvalue weighted by molar-refractivity contribution is 0.0692. The van der Waals surface area contributed by atoms with E-state index < -0.39 is 39.9 Å². The number of halogens is 3. The van der Waals surface area contributed by atoms with Gasteiger partial charge in [0.2, 0.25) is 0 Å². The fourth-order valence-corrected chi connectivity index (χ4v) is 1.48. The molecule has 0 aromatic heterocycles. The average molecular weight is 252 g/mol. The Morgan fingerprint density at radius 1 is 1.12 bits per heavy atom. The van der Waals surface area contributed by atoms with E-state index in [0.29, 0.717) is 0 Å². The van der Waals surface area contributed by atoms with Crippen molar-refractivity contribution in [2.45, 2.75) is 20.8 Å². The van der Waals surface area contributed by atoms with Crippen LogP contribution in [0.4, 0.5) is 13.2 Å². The molecule has 0 heterocycles. The highest BCUT2D eigenvalue weighted by Gasteiger charge is 2.24. The Balaban J connectivity index is 0.00000106. The SMILES string of the molecule is CC.Cc1c(F)c(F)c(C(=O)O)c(P)c1F. The first-order valence-corrected chi connectivity index (χ1v) is 5.11. The highest BCUT2D eigenvalue weighted by Crippen LogP contribution is 2.19. The zero-order chi connectivity index (χ0) is 13.0. The van der Waals surface area contributed by atoms with Crippen molar-refractivity contribution < 1.29 is 23.1 Å². The van der Waals surface area contributed by atoms with Crippen LogP contribution >= 0.6 is 9.24 Å². The van der Waals surface area contributed by atoms with E-state index in [1.54, 1.807) is 9.24 Å². The summed E-state index contributed by atoms with van der Waals surface area (Å²) in [5, 5.41) is 8.02. The Labute approximate surface area is 93.7 Å². The van der Waals surface area contributed by atoms with Crippen molar-refractivity contribution in [3.63, 3.8) is 0 Å². The molecule has 1 aromatic carbocycles. The second-order valence-electron chi connectivity index (χ2n) is 2.66. The molecule has 1 aromatic rings. The summed E-state index contributed by atoms with van der Waals surface area (Å²) in [4.78, 5) is 10.5. The number of carboxylic acid groups (broad SMARTS) is 1. The summed E-state index contributed by atoms with van der Waals surface area (Å²) in [5.41, 5.74) is -1.52. The number of benzene rings is 1. The van der Waals surface area contributed by atoms with E-state index in [2.05, 4.69) is 0 Å². The molecule has 0 bridgehead atoms. The average Bonchev–Trinajstić information content (AvgIpc) is 2.26. The molecule has 0 fully saturated rings. The van der Waals surface area contributed by atoms with Gasteiger partial charge in [-0.1, -0.05) is 13.8 Å². The van der Waals surface area contributed by atoms with Crippen LogP contribution in [0.2, 0.25) is 0 Å². The largest absolute Gasteiger partial charge is 0.478 e. The molecular weight excluding hydrogens is 240 g/mol. The van der Waals surface area contributed by atoms with Gasteiger partial charge in [0.1, 0.15) is 11.4 Å². The topological polar surface area (TPSA) is 37.3 Å². The Morgan fingerprint density at radius 2 is 1.56 bits per heavy atom.